The van der Waals surface area contributed by atoms with E-state index in [0.29, 0.717) is 29.9 Å². The van der Waals surface area contributed by atoms with Gasteiger partial charge in [-0.15, -0.1) is 0 Å². The van der Waals surface area contributed by atoms with Gasteiger partial charge in [-0.2, -0.15) is 0 Å². The van der Waals surface area contributed by atoms with Crippen molar-refractivity contribution in [2.45, 2.75) is 51.1 Å². The third kappa shape index (κ3) is 5.67. The van der Waals surface area contributed by atoms with Gasteiger partial charge in [0.1, 0.15) is 17.8 Å². The largest absolute Gasteiger partial charge is 0.493 e. The van der Waals surface area contributed by atoms with Gasteiger partial charge in [0.05, 0.1) is 14.2 Å². The van der Waals surface area contributed by atoms with E-state index in [1.807, 2.05) is 48.5 Å². The van der Waals surface area contributed by atoms with Gasteiger partial charge < -0.3 is 18.8 Å². The second-order valence-corrected chi connectivity index (χ2v) is 8.03. The van der Waals surface area contributed by atoms with E-state index in [0.717, 1.165) is 49.7 Å². The van der Waals surface area contributed by atoms with E-state index >= 15 is 0 Å². The number of amides is 1. The Morgan fingerprint density at radius 2 is 1.88 bits per heavy atom. The molecule has 0 aliphatic heterocycles. The summed E-state index contributed by atoms with van der Waals surface area (Å²) < 4.78 is 20.4. The summed E-state index contributed by atoms with van der Waals surface area (Å²) in [6, 6.07) is 18.6. The number of nitrogens with zero attached hydrogens (tertiary/aromatic N) is 1. The second kappa shape index (κ2) is 10.8. The van der Waals surface area contributed by atoms with Crippen LogP contribution in [0.1, 0.15) is 55.8 Å². The Labute approximate surface area is 190 Å². The first kappa shape index (κ1) is 20.6. The van der Waals surface area contributed by atoms with Crippen molar-refractivity contribution in [3.8, 4) is 17.1 Å². The molecule has 0 radical (unpaired) electrons. The summed E-state index contributed by atoms with van der Waals surface area (Å²) in [6.07, 6.45) is 7.58. The number of furan rings is 1. The van der Waals surface area contributed by atoms with Crippen molar-refractivity contribution in [3.05, 3.63) is 78.1 Å². The van der Waals surface area contributed by atoms with Crippen LogP contribution in [0.25, 0.3) is 11.3 Å². The zero-order valence-corrected chi connectivity index (χ0v) is 18.1. The number of para-hydroxylation sites is 1. The van der Waals surface area contributed by atoms with Gasteiger partial charge in [-0.05, 0) is 62.4 Å². The van der Waals surface area contributed by atoms with Crippen LogP contribution < -0.4 is 4.74 Å². The molecule has 1 aromatic heterocycles. The molecule has 1 amide bonds. The van der Waals surface area contributed by atoms with Gasteiger partial charge in [0.15, 0.2) is 0 Å². The zero-order chi connectivity index (χ0) is 23.0. The van der Waals surface area contributed by atoms with E-state index in [1.165, 1.54) is 0 Å². The molecule has 1 fully saturated rings. The fraction of sp³-hybridized carbons (Fsp3) is 0.333. The Hall–Kier alpha value is -3.34. The second-order valence-electron chi connectivity index (χ2n) is 8.03. The van der Waals surface area contributed by atoms with Crippen LogP contribution in [0.15, 0.2) is 71.3 Å². The summed E-state index contributed by atoms with van der Waals surface area (Å²) in [6.45, 7) is -0.324. The highest BCUT2D eigenvalue weighted by Crippen LogP contribution is 2.32. The van der Waals surface area contributed by atoms with Crippen molar-refractivity contribution in [3.63, 3.8) is 0 Å². The normalized spacial score (nSPS) is 14.4. The van der Waals surface area contributed by atoms with Gasteiger partial charge in [0.2, 0.25) is 0 Å². The molecule has 1 saturated carbocycles. The molecule has 0 spiro atoms. The average molecular weight is 433 g/mol. The zero-order valence-electron chi connectivity index (χ0n) is 19.1. The summed E-state index contributed by atoms with van der Waals surface area (Å²) in [5.41, 5.74) is 2.16. The maximum atomic E-state index is 13.4. The van der Waals surface area contributed by atoms with Crippen LogP contribution in [0.2, 0.25) is 0 Å². The topological polar surface area (TPSA) is 59.8 Å². The quantitative estimate of drug-likeness (QED) is 0.264. The average Bonchev–Trinajstić information content (AvgIpc) is 3.52. The summed E-state index contributed by atoms with van der Waals surface area (Å²) >= 11 is 0. The smallest absolute Gasteiger partial charge is 0.254 e. The van der Waals surface area contributed by atoms with Gasteiger partial charge in [-0.1, -0.05) is 30.3 Å². The Morgan fingerprint density at radius 1 is 1.06 bits per heavy atom. The molecule has 5 heteroatoms. The molecular weight excluding hydrogens is 402 g/mol. The molecule has 1 heterocycles. The molecule has 4 rings (SSSR count). The van der Waals surface area contributed by atoms with Crippen molar-refractivity contribution >= 4 is 12.2 Å². The third-order valence-electron chi connectivity index (χ3n) is 5.53. The first-order valence-electron chi connectivity index (χ1n) is 11.8. The Bertz CT molecular complexity index is 1040. The minimum Gasteiger partial charge on any atom is -0.493 e. The minimum absolute atomic E-state index is 0.0705. The molecule has 32 heavy (non-hydrogen) atoms. The molecule has 1 unspecified atom stereocenters. The van der Waals surface area contributed by atoms with Crippen LogP contribution in [0, 0.1) is 0 Å². The number of aldehydes is 1. The van der Waals surface area contributed by atoms with Gasteiger partial charge in [0, 0.05) is 35.7 Å². The predicted octanol–water partition coefficient (Wildman–Crippen LogP) is 5.89. The molecule has 0 bridgehead atoms. The molecule has 166 valence electrons. The monoisotopic (exact) mass is 432 g/mol. The van der Waals surface area contributed by atoms with Crippen LogP contribution in [0.5, 0.6) is 5.75 Å². The van der Waals surface area contributed by atoms with E-state index < -0.39 is 6.52 Å². The van der Waals surface area contributed by atoms with Crippen molar-refractivity contribution in [2.24, 2.45) is 0 Å². The fourth-order valence-electron chi connectivity index (χ4n) is 3.61. The van der Waals surface area contributed by atoms with E-state index in [9.17, 15) is 9.59 Å². The lowest BCUT2D eigenvalue weighted by Gasteiger charge is -2.24. The highest BCUT2D eigenvalue weighted by atomic mass is 16.5. The van der Waals surface area contributed by atoms with E-state index in [-0.39, 0.29) is 11.9 Å². The Morgan fingerprint density at radius 3 is 2.59 bits per heavy atom. The van der Waals surface area contributed by atoms with Gasteiger partial charge >= 0.3 is 0 Å². The highest BCUT2D eigenvalue weighted by molar-refractivity contribution is 5.95. The molecule has 0 saturated heterocycles. The predicted molar refractivity (Wildman–Crippen MR) is 124 cm³/mol. The maximum Gasteiger partial charge on any atom is 0.254 e. The summed E-state index contributed by atoms with van der Waals surface area (Å²) in [5.74, 6) is 1.25. The van der Waals surface area contributed by atoms with Crippen LogP contribution in [-0.4, -0.2) is 29.7 Å². The highest BCUT2D eigenvalue weighted by Gasteiger charge is 2.33. The number of benzene rings is 2. The van der Waals surface area contributed by atoms with E-state index in [1.54, 1.807) is 23.3 Å². The van der Waals surface area contributed by atoms with Crippen LogP contribution in [0.3, 0.4) is 0 Å². The van der Waals surface area contributed by atoms with E-state index in [2.05, 4.69) is 0 Å². The lowest BCUT2D eigenvalue weighted by atomic mass is 10.1. The maximum absolute atomic E-state index is 13.4. The first-order chi connectivity index (χ1) is 16.2. The SMILES string of the molecule is [2H]C(c1ccccc1OCCCCCC=O)N(C(=O)c1ccc(-c2ccco2)cc1)C1CC1. The van der Waals surface area contributed by atoms with Crippen LogP contribution in [0.4, 0.5) is 0 Å². The van der Waals surface area contributed by atoms with Gasteiger partial charge in [-0.25, -0.2) is 0 Å². The van der Waals surface area contributed by atoms with Gasteiger partial charge in [-0.3, -0.25) is 4.79 Å². The number of rotatable bonds is 12. The van der Waals surface area contributed by atoms with Crippen molar-refractivity contribution in [1.82, 2.24) is 4.90 Å². The number of carbonyl (C=O) groups is 2. The number of unbranched alkanes of at least 4 members (excludes halogenated alkanes) is 3. The van der Waals surface area contributed by atoms with Crippen molar-refractivity contribution in [2.75, 3.05) is 6.61 Å². The lowest BCUT2D eigenvalue weighted by molar-refractivity contribution is -0.107. The molecule has 3 aromatic rings. The molecule has 0 N–H and O–H groups in total. The standard InChI is InChI=1S/C27H29NO4/c29-17-5-1-2-6-18-31-26-9-4-3-8-23(26)20-28(24-15-16-24)27(30)22-13-11-21(12-14-22)25-10-7-19-32-25/h3-4,7-14,17,19,24H,1-2,5-6,15-16,18,20H2/i20D. The summed E-state index contributed by atoms with van der Waals surface area (Å²) in [7, 11) is 0. The fourth-order valence-corrected chi connectivity index (χ4v) is 3.61. The summed E-state index contributed by atoms with van der Waals surface area (Å²) in [5, 5.41) is 0. The third-order valence-corrected chi connectivity index (χ3v) is 5.53. The van der Waals surface area contributed by atoms with Crippen LogP contribution in [-0.2, 0) is 11.3 Å². The Kier molecular flexibility index (Phi) is 6.94. The molecule has 2 aromatic carbocycles. The molecule has 1 atom stereocenters. The molecular formula is C27H29NO4. The number of hydrogen-bond acceptors (Lipinski definition) is 4. The van der Waals surface area contributed by atoms with Crippen LogP contribution >= 0.6 is 0 Å². The van der Waals surface area contributed by atoms with Crippen molar-refractivity contribution in [1.29, 1.82) is 0 Å². The molecule has 1 aliphatic rings. The number of ether oxygens (including phenoxy) is 1. The lowest BCUT2D eigenvalue weighted by Crippen LogP contribution is -2.32. The first-order valence-corrected chi connectivity index (χ1v) is 11.2. The minimum atomic E-state index is -0.846. The van der Waals surface area contributed by atoms with E-state index in [4.69, 9.17) is 10.5 Å². The van der Waals surface area contributed by atoms with Gasteiger partial charge in [0.25, 0.3) is 5.91 Å². The molecule has 5 nitrogen and oxygen atoms in total. The summed E-state index contributed by atoms with van der Waals surface area (Å²) in [4.78, 5) is 25.5. The van der Waals surface area contributed by atoms with Crippen molar-refractivity contribution < 1.29 is 20.1 Å². The molecule has 1 aliphatic carbocycles. The Balaban J connectivity index is 1.47. The number of hydrogen-bond donors (Lipinski definition) is 0. The number of carbonyl (C=O) groups excluding carboxylic acids is 2.